The number of carbonyl (C=O) groups excluding carboxylic acids is 1. The van der Waals surface area contributed by atoms with E-state index in [1.165, 1.54) is 7.11 Å². The van der Waals surface area contributed by atoms with Crippen LogP contribution in [0.4, 0.5) is 0 Å². The molecule has 10 nitrogen and oxygen atoms in total. The first-order valence-electron chi connectivity index (χ1n) is 13.6. The number of hydrogen-bond acceptors (Lipinski definition) is 9. The van der Waals surface area contributed by atoms with Crippen molar-refractivity contribution in [2.75, 3.05) is 44.8 Å². The van der Waals surface area contributed by atoms with Crippen molar-refractivity contribution in [3.05, 3.63) is 72.4 Å². The third-order valence-corrected chi connectivity index (χ3v) is 7.81. The Labute approximate surface area is 253 Å². The highest BCUT2D eigenvalue weighted by Gasteiger charge is 2.30. The average Bonchev–Trinajstić information content (AvgIpc) is 3.40. The van der Waals surface area contributed by atoms with E-state index in [-0.39, 0.29) is 19.3 Å². The lowest BCUT2D eigenvalue weighted by molar-refractivity contribution is -0.152. The third kappa shape index (κ3) is 8.80. The Morgan fingerprint density at radius 1 is 0.977 bits per heavy atom. The van der Waals surface area contributed by atoms with Crippen LogP contribution in [0.3, 0.4) is 0 Å². The van der Waals surface area contributed by atoms with E-state index in [2.05, 4.69) is 39.9 Å². The Morgan fingerprint density at radius 2 is 1.65 bits per heavy atom. The molecule has 0 fully saturated rings. The van der Waals surface area contributed by atoms with E-state index in [0.717, 1.165) is 22.4 Å². The van der Waals surface area contributed by atoms with Crippen LogP contribution >= 0.6 is 10.0 Å². The minimum Gasteiger partial charge on any atom is -0.476 e. The van der Waals surface area contributed by atoms with Crippen LogP contribution in [0, 0.1) is 16.7 Å². The number of rotatable bonds is 13. The maximum atomic E-state index is 11.9. The predicted molar refractivity (Wildman–Crippen MR) is 167 cm³/mol. The summed E-state index contributed by atoms with van der Waals surface area (Å²) in [4.78, 5) is 20.9. The summed E-state index contributed by atoms with van der Waals surface area (Å²) >= 11 is 0. The second-order valence-electron chi connectivity index (χ2n) is 11.4. The number of nitrogens with zero attached hydrogens (tertiary/aromatic N) is 5. The number of carbonyl (C=O) groups is 1. The quantitative estimate of drug-likeness (QED) is 0.135. The molecule has 0 aliphatic heterocycles. The molecule has 4 rings (SSSR count). The Balaban J connectivity index is 1.48. The van der Waals surface area contributed by atoms with Crippen LogP contribution < -0.4 is 9.47 Å². The zero-order valence-corrected chi connectivity index (χ0v) is 26.2. The molecule has 0 saturated heterocycles. The lowest BCUT2D eigenvalue weighted by atomic mass is 9.95. The molecule has 2 heterocycles. The number of benzene rings is 2. The highest BCUT2D eigenvalue weighted by molar-refractivity contribution is 8.32. The van der Waals surface area contributed by atoms with Crippen molar-refractivity contribution in [3.8, 4) is 46.2 Å². The Kier molecular flexibility index (Phi) is 10.1. The van der Waals surface area contributed by atoms with Gasteiger partial charge in [0.2, 0.25) is 5.88 Å². The monoisotopic (exact) mass is 603 g/mol. The van der Waals surface area contributed by atoms with E-state index in [1.807, 2.05) is 30.3 Å². The molecule has 43 heavy (non-hydrogen) atoms. The molecule has 2 aromatic carbocycles. The standard InChI is InChI=1S/C32H37N5O5S/c1-32(2,30(38)39-3)21-41-28-16-13-26(20-34-28)24-9-11-25(12-10-24)29-35-31(42-27-14-7-23(19-33)8-15-27)37(36-29)22-40-17-18-43(4,5)6/h7-16,20H,17-18,21-22H2,1-6H3. The van der Waals surface area contributed by atoms with Crippen molar-refractivity contribution < 1.29 is 23.7 Å². The summed E-state index contributed by atoms with van der Waals surface area (Å²) in [6, 6.07) is 20.7. The Morgan fingerprint density at radius 3 is 2.26 bits per heavy atom. The van der Waals surface area contributed by atoms with Crippen molar-refractivity contribution in [3.63, 3.8) is 0 Å². The summed E-state index contributed by atoms with van der Waals surface area (Å²) < 4.78 is 24.1. The van der Waals surface area contributed by atoms with Gasteiger partial charge in [0.1, 0.15) is 19.1 Å². The average molecular weight is 604 g/mol. The van der Waals surface area contributed by atoms with Gasteiger partial charge in [0.15, 0.2) is 5.82 Å². The maximum Gasteiger partial charge on any atom is 0.323 e. The lowest BCUT2D eigenvalue weighted by Crippen LogP contribution is -2.32. The van der Waals surface area contributed by atoms with Gasteiger partial charge in [-0.25, -0.2) is 15.0 Å². The fraction of sp³-hybridized carbons (Fsp3) is 0.344. The molecule has 0 aliphatic carbocycles. The molecule has 226 valence electrons. The largest absolute Gasteiger partial charge is 0.476 e. The molecule has 0 radical (unpaired) electrons. The smallest absolute Gasteiger partial charge is 0.323 e. The number of hydrogen-bond donors (Lipinski definition) is 0. The number of methoxy groups -OCH3 is 1. The Hall–Kier alpha value is -4.40. The summed E-state index contributed by atoms with van der Waals surface area (Å²) in [5.41, 5.74) is 2.44. The molecule has 4 aromatic rings. The highest BCUT2D eigenvalue weighted by Crippen LogP contribution is 2.34. The van der Waals surface area contributed by atoms with Crippen molar-refractivity contribution in [1.29, 1.82) is 5.26 Å². The van der Waals surface area contributed by atoms with Gasteiger partial charge in [0.05, 0.1) is 30.8 Å². The summed E-state index contributed by atoms with van der Waals surface area (Å²) in [5, 5.41) is 13.8. The van der Waals surface area contributed by atoms with Gasteiger partial charge in [-0.05, 0) is 68.5 Å². The van der Waals surface area contributed by atoms with Crippen LogP contribution in [0.5, 0.6) is 17.6 Å². The lowest BCUT2D eigenvalue weighted by Gasteiger charge is -2.24. The third-order valence-electron chi connectivity index (χ3n) is 6.42. The molecule has 2 aromatic heterocycles. The van der Waals surface area contributed by atoms with Crippen LogP contribution in [0.1, 0.15) is 19.4 Å². The fourth-order valence-corrected chi connectivity index (χ4v) is 4.43. The number of ether oxygens (including phenoxy) is 4. The van der Waals surface area contributed by atoms with Crippen molar-refractivity contribution in [1.82, 2.24) is 19.7 Å². The molecule has 0 saturated carbocycles. The van der Waals surface area contributed by atoms with Gasteiger partial charge >= 0.3 is 12.0 Å². The number of nitriles is 1. The normalized spacial score (nSPS) is 11.9. The topological polar surface area (TPSA) is 121 Å². The summed E-state index contributed by atoms with van der Waals surface area (Å²) in [7, 11) is 0.679. The van der Waals surface area contributed by atoms with E-state index in [9.17, 15) is 4.79 Å². The van der Waals surface area contributed by atoms with E-state index >= 15 is 0 Å². The predicted octanol–water partition coefficient (Wildman–Crippen LogP) is 5.92. The van der Waals surface area contributed by atoms with Crippen LogP contribution in [0.2, 0.25) is 0 Å². The van der Waals surface area contributed by atoms with Gasteiger partial charge in [-0.15, -0.1) is 5.10 Å². The van der Waals surface area contributed by atoms with Gasteiger partial charge in [0.25, 0.3) is 0 Å². The first-order valence-corrected chi connectivity index (χ1v) is 16.6. The minimum atomic E-state index is -0.779. The SMILES string of the molecule is COC(=O)C(C)(C)COc1ccc(-c2ccc(-c3nc(Oc4ccc(C#N)cc4)n(COCCS(C)(C)C)n3)cc2)cn1. The fourth-order valence-electron chi connectivity index (χ4n) is 3.81. The second kappa shape index (κ2) is 13.7. The van der Waals surface area contributed by atoms with E-state index in [1.54, 1.807) is 55.1 Å². The van der Waals surface area contributed by atoms with Crippen LogP contribution in [-0.4, -0.2) is 70.6 Å². The van der Waals surface area contributed by atoms with Gasteiger partial charge in [-0.1, -0.05) is 24.3 Å². The minimum absolute atomic E-state index is 0.153. The number of aromatic nitrogens is 4. The first-order chi connectivity index (χ1) is 20.5. The van der Waals surface area contributed by atoms with Crippen LogP contribution in [-0.2, 0) is 21.0 Å². The molecule has 0 N–H and O–H groups in total. The van der Waals surface area contributed by atoms with Crippen LogP contribution in [0.25, 0.3) is 22.5 Å². The molecule has 0 amide bonds. The van der Waals surface area contributed by atoms with Crippen molar-refractivity contribution >= 4 is 16.0 Å². The van der Waals surface area contributed by atoms with E-state index in [0.29, 0.717) is 35.6 Å². The molecule has 0 spiro atoms. The van der Waals surface area contributed by atoms with E-state index in [4.69, 9.17) is 24.2 Å². The molecule has 0 atom stereocenters. The summed E-state index contributed by atoms with van der Waals surface area (Å²) in [6.07, 6.45) is 8.47. The number of pyridine rings is 1. The first kappa shape index (κ1) is 31.5. The molecular formula is C32H37N5O5S. The molecule has 0 aliphatic rings. The van der Waals surface area contributed by atoms with Crippen molar-refractivity contribution in [2.45, 2.75) is 20.6 Å². The van der Waals surface area contributed by atoms with Gasteiger partial charge < -0.3 is 18.9 Å². The van der Waals surface area contributed by atoms with Gasteiger partial charge in [-0.2, -0.15) is 14.9 Å². The highest BCUT2D eigenvalue weighted by atomic mass is 32.3. The summed E-state index contributed by atoms with van der Waals surface area (Å²) in [6.45, 7) is 4.48. The molecular weight excluding hydrogens is 566 g/mol. The molecule has 0 unspecified atom stereocenters. The Bertz CT molecular complexity index is 1550. The molecule has 11 heteroatoms. The van der Waals surface area contributed by atoms with Gasteiger partial charge in [0, 0.05) is 29.1 Å². The van der Waals surface area contributed by atoms with E-state index < -0.39 is 15.4 Å². The van der Waals surface area contributed by atoms with Crippen LogP contribution in [0.15, 0.2) is 66.9 Å². The summed E-state index contributed by atoms with van der Waals surface area (Å²) in [5.74, 6) is 2.10. The maximum absolute atomic E-state index is 11.9. The van der Waals surface area contributed by atoms with Crippen molar-refractivity contribution in [2.24, 2.45) is 5.41 Å². The zero-order valence-electron chi connectivity index (χ0n) is 25.4. The molecule has 0 bridgehead atoms. The number of esters is 1. The second-order valence-corrected chi connectivity index (χ2v) is 16.0. The van der Waals surface area contributed by atoms with Gasteiger partial charge in [-0.3, -0.25) is 4.79 Å². The zero-order chi connectivity index (χ0) is 31.0.